The fourth-order valence-corrected chi connectivity index (χ4v) is 1.38. The molecule has 0 heterocycles. The maximum atomic E-state index is 12.7. The molecule has 2 N–H and O–H groups in total. The Morgan fingerprint density at radius 1 is 1.00 bits per heavy atom. The Bertz CT molecular complexity index is 537. The number of ether oxygens (including phenoxy) is 1. The molecule has 0 atom stereocenters. The van der Waals surface area contributed by atoms with E-state index in [1.165, 1.54) is 41.9 Å². The Morgan fingerprint density at radius 3 is 2.00 bits per heavy atom. The van der Waals surface area contributed by atoms with Crippen LogP contribution in [0.4, 0.5) is 4.39 Å². The number of amides is 1. The number of halogens is 1. The van der Waals surface area contributed by atoms with Gasteiger partial charge in [-0.3, -0.25) is 10.0 Å². The van der Waals surface area contributed by atoms with E-state index in [1.54, 1.807) is 12.1 Å². The van der Waals surface area contributed by atoms with Crippen LogP contribution in [0.5, 0.6) is 11.5 Å². The van der Waals surface area contributed by atoms with E-state index in [-0.39, 0.29) is 5.82 Å². The van der Waals surface area contributed by atoms with Crippen LogP contribution in [0.3, 0.4) is 0 Å². The van der Waals surface area contributed by atoms with E-state index in [4.69, 9.17) is 9.94 Å². The summed E-state index contributed by atoms with van der Waals surface area (Å²) < 4.78 is 18.1. The van der Waals surface area contributed by atoms with Crippen molar-refractivity contribution in [3.05, 3.63) is 59.9 Å². The van der Waals surface area contributed by atoms with Gasteiger partial charge in [-0.15, -0.1) is 0 Å². The first-order chi connectivity index (χ1) is 8.69. The molecule has 0 spiro atoms. The van der Waals surface area contributed by atoms with Crippen molar-refractivity contribution in [3.8, 4) is 11.5 Å². The van der Waals surface area contributed by atoms with Crippen molar-refractivity contribution in [2.45, 2.75) is 0 Å². The molecule has 18 heavy (non-hydrogen) atoms. The summed E-state index contributed by atoms with van der Waals surface area (Å²) in [6.45, 7) is 0. The largest absolute Gasteiger partial charge is 0.457 e. The topological polar surface area (TPSA) is 58.6 Å². The maximum Gasteiger partial charge on any atom is 0.274 e. The second kappa shape index (κ2) is 5.29. The number of hydrogen-bond acceptors (Lipinski definition) is 3. The summed E-state index contributed by atoms with van der Waals surface area (Å²) in [5, 5.41) is 8.45. The van der Waals surface area contributed by atoms with Crippen LogP contribution in [0.25, 0.3) is 0 Å². The van der Waals surface area contributed by atoms with E-state index in [2.05, 4.69) is 0 Å². The molecule has 0 bridgehead atoms. The van der Waals surface area contributed by atoms with Crippen molar-refractivity contribution < 1.29 is 19.1 Å². The van der Waals surface area contributed by atoms with E-state index < -0.39 is 5.91 Å². The normalized spacial score (nSPS) is 9.89. The zero-order valence-corrected chi connectivity index (χ0v) is 9.26. The smallest absolute Gasteiger partial charge is 0.274 e. The fourth-order valence-electron chi connectivity index (χ4n) is 1.38. The van der Waals surface area contributed by atoms with Gasteiger partial charge in [0.05, 0.1) is 0 Å². The third-order valence-corrected chi connectivity index (χ3v) is 2.27. The number of benzene rings is 2. The first-order valence-corrected chi connectivity index (χ1v) is 5.17. The Morgan fingerprint density at radius 2 is 1.50 bits per heavy atom. The number of hydrogen-bond donors (Lipinski definition) is 2. The molecule has 4 nitrogen and oxygen atoms in total. The first-order valence-electron chi connectivity index (χ1n) is 5.17. The maximum absolute atomic E-state index is 12.7. The molecular weight excluding hydrogens is 237 g/mol. The van der Waals surface area contributed by atoms with Crippen LogP contribution in [-0.4, -0.2) is 11.1 Å². The first kappa shape index (κ1) is 12.1. The summed E-state index contributed by atoms with van der Waals surface area (Å²) >= 11 is 0. The van der Waals surface area contributed by atoms with Gasteiger partial charge in [-0.25, -0.2) is 9.87 Å². The number of carbonyl (C=O) groups is 1. The van der Waals surface area contributed by atoms with E-state index >= 15 is 0 Å². The average molecular weight is 247 g/mol. The highest BCUT2D eigenvalue weighted by Crippen LogP contribution is 2.21. The molecule has 5 heteroatoms. The molecule has 0 saturated carbocycles. The molecule has 0 unspecified atom stereocenters. The van der Waals surface area contributed by atoms with Crippen LogP contribution in [0, 0.1) is 5.82 Å². The summed E-state index contributed by atoms with van der Waals surface area (Å²) in [5.41, 5.74) is 1.84. The molecule has 0 aliphatic heterocycles. The third kappa shape index (κ3) is 2.83. The van der Waals surface area contributed by atoms with Crippen molar-refractivity contribution >= 4 is 5.91 Å². The second-order valence-electron chi connectivity index (χ2n) is 3.52. The van der Waals surface area contributed by atoms with Gasteiger partial charge in [0.15, 0.2) is 0 Å². The van der Waals surface area contributed by atoms with Gasteiger partial charge in [0, 0.05) is 5.56 Å². The van der Waals surface area contributed by atoms with Crippen LogP contribution in [-0.2, 0) is 0 Å². The summed E-state index contributed by atoms with van der Waals surface area (Å²) in [6, 6.07) is 11.8. The lowest BCUT2D eigenvalue weighted by atomic mass is 10.2. The highest BCUT2D eigenvalue weighted by atomic mass is 19.1. The zero-order valence-electron chi connectivity index (χ0n) is 9.26. The quantitative estimate of drug-likeness (QED) is 0.647. The van der Waals surface area contributed by atoms with Crippen molar-refractivity contribution in [1.29, 1.82) is 0 Å². The Balaban J connectivity index is 2.10. The summed E-state index contributed by atoms with van der Waals surface area (Å²) in [5.74, 6) is 0.0764. The van der Waals surface area contributed by atoms with Crippen LogP contribution in [0.2, 0.25) is 0 Å². The van der Waals surface area contributed by atoms with Crippen LogP contribution >= 0.6 is 0 Å². The molecule has 1 amide bonds. The van der Waals surface area contributed by atoms with Crippen LogP contribution in [0.1, 0.15) is 10.4 Å². The fraction of sp³-hybridized carbons (Fsp3) is 0. The number of hydroxylamine groups is 1. The SMILES string of the molecule is O=C(NO)c1ccc(Oc2ccc(F)cc2)cc1. The average Bonchev–Trinajstić information content (AvgIpc) is 2.41. The molecule has 0 fully saturated rings. The predicted molar refractivity (Wildman–Crippen MR) is 62.2 cm³/mol. The Kier molecular flexibility index (Phi) is 3.54. The third-order valence-electron chi connectivity index (χ3n) is 2.27. The summed E-state index contributed by atoms with van der Waals surface area (Å²) in [6.07, 6.45) is 0. The predicted octanol–water partition coefficient (Wildman–Crippen LogP) is 2.74. The van der Waals surface area contributed by atoms with Crippen LogP contribution in [0.15, 0.2) is 48.5 Å². The lowest BCUT2D eigenvalue weighted by Gasteiger charge is -2.06. The van der Waals surface area contributed by atoms with Crippen molar-refractivity contribution in [1.82, 2.24) is 5.48 Å². The van der Waals surface area contributed by atoms with Crippen molar-refractivity contribution in [2.75, 3.05) is 0 Å². The van der Waals surface area contributed by atoms with Gasteiger partial charge in [-0.2, -0.15) is 0 Å². The zero-order chi connectivity index (χ0) is 13.0. The number of rotatable bonds is 3. The van der Waals surface area contributed by atoms with Gasteiger partial charge in [0.1, 0.15) is 17.3 Å². The van der Waals surface area contributed by atoms with Gasteiger partial charge in [0.2, 0.25) is 0 Å². The number of nitrogens with one attached hydrogen (secondary N) is 1. The Labute approximate surface area is 103 Å². The Hall–Kier alpha value is -2.40. The minimum absolute atomic E-state index is 0.309. The molecule has 92 valence electrons. The van der Waals surface area contributed by atoms with E-state index in [1.807, 2.05) is 0 Å². The van der Waals surface area contributed by atoms with E-state index in [0.29, 0.717) is 17.1 Å². The lowest BCUT2D eigenvalue weighted by Crippen LogP contribution is -2.18. The minimum Gasteiger partial charge on any atom is -0.457 e. The second-order valence-corrected chi connectivity index (χ2v) is 3.52. The lowest BCUT2D eigenvalue weighted by molar-refractivity contribution is 0.0706. The van der Waals surface area contributed by atoms with E-state index in [9.17, 15) is 9.18 Å². The molecule has 2 rings (SSSR count). The monoisotopic (exact) mass is 247 g/mol. The van der Waals surface area contributed by atoms with Crippen LogP contribution < -0.4 is 10.2 Å². The standard InChI is InChI=1S/C13H10FNO3/c14-10-3-7-12(8-4-10)18-11-5-1-9(2-6-11)13(16)15-17/h1-8,17H,(H,15,16). The van der Waals surface area contributed by atoms with Gasteiger partial charge < -0.3 is 4.74 Å². The van der Waals surface area contributed by atoms with Gasteiger partial charge in [-0.1, -0.05) is 0 Å². The molecule has 0 radical (unpaired) electrons. The molecule has 0 aromatic heterocycles. The molecule has 0 aliphatic rings. The van der Waals surface area contributed by atoms with Crippen molar-refractivity contribution in [3.63, 3.8) is 0 Å². The minimum atomic E-state index is -0.594. The van der Waals surface area contributed by atoms with Gasteiger partial charge in [-0.05, 0) is 48.5 Å². The molecule has 2 aromatic rings. The van der Waals surface area contributed by atoms with E-state index in [0.717, 1.165) is 0 Å². The van der Waals surface area contributed by atoms with Gasteiger partial charge in [0.25, 0.3) is 5.91 Å². The highest BCUT2D eigenvalue weighted by molar-refractivity contribution is 5.93. The molecule has 2 aromatic carbocycles. The molecule has 0 saturated heterocycles. The summed E-state index contributed by atoms with van der Waals surface area (Å²) in [4.78, 5) is 11.1. The highest BCUT2D eigenvalue weighted by Gasteiger charge is 2.04. The van der Waals surface area contributed by atoms with Gasteiger partial charge >= 0.3 is 0 Å². The summed E-state index contributed by atoms with van der Waals surface area (Å²) in [7, 11) is 0. The number of carbonyl (C=O) groups excluding carboxylic acids is 1. The molecule has 0 aliphatic carbocycles. The van der Waals surface area contributed by atoms with Crippen molar-refractivity contribution in [2.24, 2.45) is 0 Å². The molecular formula is C13H10FNO3.